The summed E-state index contributed by atoms with van der Waals surface area (Å²) in [6.07, 6.45) is 5.37. The van der Waals surface area contributed by atoms with Gasteiger partial charge in [-0.1, -0.05) is 13.8 Å². The van der Waals surface area contributed by atoms with Gasteiger partial charge < -0.3 is 20.4 Å². The average Bonchev–Trinajstić information content (AvgIpc) is 3.22. The standard InChI is InChI=1S/C21H31N5O2/c1-20(2)14-23-19(28)21(24-15-20)6-11-25(12-7-21)17-13-16(5-8-22-17)18(27)26-9-3-4-10-26/h5,8,13,24H,3-4,6-7,9-12,14-15H2,1-2H3,(H,23,28). The molecular weight excluding hydrogens is 354 g/mol. The highest BCUT2D eigenvalue weighted by Crippen LogP contribution is 2.29. The molecular formula is C21H31N5O2. The van der Waals surface area contributed by atoms with Gasteiger partial charge in [0.1, 0.15) is 11.4 Å². The number of piperidine rings is 1. The summed E-state index contributed by atoms with van der Waals surface area (Å²) in [7, 11) is 0. The lowest BCUT2D eigenvalue weighted by Crippen LogP contribution is -2.60. The van der Waals surface area contributed by atoms with E-state index in [1.807, 2.05) is 11.0 Å². The molecule has 7 nitrogen and oxygen atoms in total. The van der Waals surface area contributed by atoms with E-state index in [0.717, 1.165) is 64.2 Å². The van der Waals surface area contributed by atoms with Crippen molar-refractivity contribution >= 4 is 17.6 Å². The molecule has 2 amide bonds. The highest BCUT2D eigenvalue weighted by atomic mass is 16.2. The van der Waals surface area contributed by atoms with Gasteiger partial charge in [0.15, 0.2) is 0 Å². The number of carbonyl (C=O) groups excluding carboxylic acids is 2. The van der Waals surface area contributed by atoms with Gasteiger partial charge in [-0.25, -0.2) is 4.98 Å². The number of nitrogens with one attached hydrogen (secondary N) is 2. The van der Waals surface area contributed by atoms with Gasteiger partial charge in [0.2, 0.25) is 5.91 Å². The summed E-state index contributed by atoms with van der Waals surface area (Å²) < 4.78 is 0. The van der Waals surface area contributed by atoms with E-state index in [2.05, 4.69) is 34.4 Å². The van der Waals surface area contributed by atoms with Crippen LogP contribution in [0.3, 0.4) is 0 Å². The molecule has 1 aromatic rings. The topological polar surface area (TPSA) is 77.6 Å². The Bertz CT molecular complexity index is 749. The van der Waals surface area contributed by atoms with E-state index in [1.165, 1.54) is 0 Å². The maximum Gasteiger partial charge on any atom is 0.254 e. The quantitative estimate of drug-likeness (QED) is 0.805. The molecule has 4 rings (SSSR count). The third-order valence-corrected chi connectivity index (χ3v) is 6.39. The molecule has 0 unspecified atom stereocenters. The number of rotatable bonds is 2. The van der Waals surface area contributed by atoms with Crippen LogP contribution in [-0.2, 0) is 4.79 Å². The van der Waals surface area contributed by atoms with Crippen molar-refractivity contribution in [2.24, 2.45) is 5.41 Å². The molecule has 28 heavy (non-hydrogen) atoms. The normalized spacial score (nSPS) is 24.1. The predicted molar refractivity (Wildman–Crippen MR) is 108 cm³/mol. The Kier molecular flexibility index (Phi) is 5.04. The van der Waals surface area contributed by atoms with Crippen molar-refractivity contribution in [2.75, 3.05) is 44.2 Å². The molecule has 0 saturated carbocycles. The minimum atomic E-state index is -0.493. The smallest absolute Gasteiger partial charge is 0.254 e. The van der Waals surface area contributed by atoms with Crippen molar-refractivity contribution in [1.82, 2.24) is 20.5 Å². The number of pyridine rings is 1. The molecule has 3 aliphatic heterocycles. The first-order valence-electron chi connectivity index (χ1n) is 10.4. The van der Waals surface area contributed by atoms with Crippen LogP contribution in [0.5, 0.6) is 0 Å². The van der Waals surface area contributed by atoms with Crippen molar-refractivity contribution in [2.45, 2.75) is 45.1 Å². The number of aromatic nitrogens is 1. The maximum absolute atomic E-state index is 12.8. The number of carbonyl (C=O) groups is 2. The van der Waals surface area contributed by atoms with Gasteiger partial charge in [-0.15, -0.1) is 0 Å². The highest BCUT2D eigenvalue weighted by Gasteiger charge is 2.44. The van der Waals surface area contributed by atoms with E-state index in [-0.39, 0.29) is 17.2 Å². The zero-order valence-electron chi connectivity index (χ0n) is 17.0. The Labute approximate surface area is 166 Å². The Morgan fingerprint density at radius 1 is 1.11 bits per heavy atom. The zero-order valence-corrected chi connectivity index (χ0v) is 17.0. The van der Waals surface area contributed by atoms with E-state index in [9.17, 15) is 9.59 Å². The number of anilines is 1. The minimum Gasteiger partial charge on any atom is -0.356 e. The molecule has 0 atom stereocenters. The van der Waals surface area contributed by atoms with E-state index in [4.69, 9.17) is 0 Å². The maximum atomic E-state index is 12.8. The second-order valence-electron chi connectivity index (χ2n) is 9.17. The van der Waals surface area contributed by atoms with Crippen molar-refractivity contribution in [1.29, 1.82) is 0 Å². The van der Waals surface area contributed by atoms with Crippen LogP contribution < -0.4 is 15.5 Å². The molecule has 1 aromatic heterocycles. The van der Waals surface area contributed by atoms with Crippen LogP contribution in [0.15, 0.2) is 18.3 Å². The third-order valence-electron chi connectivity index (χ3n) is 6.39. The first-order chi connectivity index (χ1) is 13.4. The van der Waals surface area contributed by atoms with Crippen LogP contribution in [0, 0.1) is 5.41 Å². The molecule has 3 aliphatic rings. The molecule has 2 N–H and O–H groups in total. The van der Waals surface area contributed by atoms with Crippen LogP contribution in [0.1, 0.15) is 49.9 Å². The Morgan fingerprint density at radius 2 is 1.82 bits per heavy atom. The summed E-state index contributed by atoms with van der Waals surface area (Å²) in [4.78, 5) is 34.1. The largest absolute Gasteiger partial charge is 0.356 e. The van der Waals surface area contributed by atoms with Gasteiger partial charge in [0.25, 0.3) is 5.91 Å². The summed E-state index contributed by atoms with van der Waals surface area (Å²) in [5.41, 5.74) is 0.273. The number of likely N-dealkylation sites (tertiary alicyclic amines) is 1. The van der Waals surface area contributed by atoms with E-state index in [1.54, 1.807) is 12.3 Å². The van der Waals surface area contributed by atoms with E-state index >= 15 is 0 Å². The van der Waals surface area contributed by atoms with Gasteiger partial charge in [0.05, 0.1) is 0 Å². The minimum absolute atomic E-state index is 0.0577. The lowest BCUT2D eigenvalue weighted by molar-refractivity contribution is -0.127. The lowest BCUT2D eigenvalue weighted by atomic mass is 9.86. The molecule has 1 spiro atoms. The van der Waals surface area contributed by atoms with E-state index in [0.29, 0.717) is 12.1 Å². The number of hydrogen-bond acceptors (Lipinski definition) is 5. The Morgan fingerprint density at radius 3 is 2.54 bits per heavy atom. The Hall–Kier alpha value is -2.15. The first-order valence-corrected chi connectivity index (χ1v) is 10.4. The fourth-order valence-electron chi connectivity index (χ4n) is 4.39. The summed E-state index contributed by atoms with van der Waals surface area (Å²) in [5.74, 6) is 1.04. The number of amides is 2. The second kappa shape index (κ2) is 7.35. The van der Waals surface area contributed by atoms with Gasteiger partial charge in [-0.05, 0) is 43.2 Å². The molecule has 7 heteroatoms. The predicted octanol–water partition coefficient (Wildman–Crippen LogP) is 1.40. The summed E-state index contributed by atoms with van der Waals surface area (Å²) in [6, 6.07) is 3.71. The van der Waals surface area contributed by atoms with Crippen molar-refractivity contribution in [3.8, 4) is 0 Å². The van der Waals surface area contributed by atoms with Crippen LogP contribution in [-0.4, -0.2) is 66.5 Å². The van der Waals surface area contributed by atoms with Crippen molar-refractivity contribution in [3.05, 3.63) is 23.9 Å². The number of hydrogen-bond donors (Lipinski definition) is 2. The molecule has 0 bridgehead atoms. The van der Waals surface area contributed by atoms with Crippen LogP contribution in [0.2, 0.25) is 0 Å². The van der Waals surface area contributed by atoms with Gasteiger partial charge >= 0.3 is 0 Å². The molecule has 4 heterocycles. The molecule has 3 saturated heterocycles. The van der Waals surface area contributed by atoms with Crippen LogP contribution in [0.25, 0.3) is 0 Å². The molecule has 3 fully saturated rings. The molecule has 0 radical (unpaired) electrons. The SMILES string of the molecule is CC1(C)CNC(=O)C2(CCN(c3cc(C(=O)N4CCCC4)ccn3)CC2)NC1. The van der Waals surface area contributed by atoms with Crippen LogP contribution in [0.4, 0.5) is 5.82 Å². The zero-order chi connectivity index (χ0) is 19.8. The summed E-state index contributed by atoms with van der Waals surface area (Å²) in [5, 5.41) is 6.68. The van der Waals surface area contributed by atoms with Gasteiger partial charge in [-0.2, -0.15) is 0 Å². The highest BCUT2D eigenvalue weighted by molar-refractivity contribution is 5.95. The lowest BCUT2D eigenvalue weighted by Gasteiger charge is -2.41. The van der Waals surface area contributed by atoms with Crippen molar-refractivity contribution in [3.63, 3.8) is 0 Å². The molecule has 0 aromatic carbocycles. The van der Waals surface area contributed by atoms with Crippen LogP contribution >= 0.6 is 0 Å². The van der Waals surface area contributed by atoms with Crippen molar-refractivity contribution < 1.29 is 9.59 Å². The third kappa shape index (κ3) is 3.72. The van der Waals surface area contributed by atoms with Gasteiger partial charge in [-0.3, -0.25) is 9.59 Å². The molecule has 0 aliphatic carbocycles. The fraction of sp³-hybridized carbons (Fsp3) is 0.667. The van der Waals surface area contributed by atoms with E-state index < -0.39 is 5.54 Å². The number of nitrogens with zero attached hydrogens (tertiary/aromatic N) is 3. The summed E-state index contributed by atoms with van der Waals surface area (Å²) >= 11 is 0. The second-order valence-corrected chi connectivity index (χ2v) is 9.17. The Balaban J connectivity index is 1.44. The monoisotopic (exact) mass is 385 g/mol. The average molecular weight is 386 g/mol. The van der Waals surface area contributed by atoms with Gasteiger partial charge in [0, 0.05) is 51.0 Å². The first kappa shape index (κ1) is 19.2. The molecule has 152 valence electrons. The summed E-state index contributed by atoms with van der Waals surface area (Å²) in [6.45, 7) is 9.04. The fourth-order valence-corrected chi connectivity index (χ4v) is 4.39.